The van der Waals surface area contributed by atoms with Gasteiger partial charge in [0, 0.05) is 20.1 Å². The molecule has 0 amide bonds. The summed E-state index contributed by atoms with van der Waals surface area (Å²) in [4.78, 5) is 0. The van der Waals surface area contributed by atoms with Gasteiger partial charge in [-0.25, -0.2) is 0 Å². The molecule has 3 atom stereocenters. The number of fused-ring (bicyclic) bond motifs is 1. The van der Waals surface area contributed by atoms with Gasteiger partial charge in [0.15, 0.2) is 6.29 Å². The van der Waals surface area contributed by atoms with Crippen LogP contribution in [0.15, 0.2) is 0 Å². The molecule has 88 valence electrons. The zero-order chi connectivity index (χ0) is 10.9. The number of ether oxygens (including phenoxy) is 2. The Morgan fingerprint density at radius 2 is 1.93 bits per heavy atom. The predicted octanol–water partition coefficient (Wildman–Crippen LogP) is 3.21. The Morgan fingerprint density at radius 3 is 2.53 bits per heavy atom. The third kappa shape index (κ3) is 2.07. The summed E-state index contributed by atoms with van der Waals surface area (Å²) in [5, 5.41) is 0. The van der Waals surface area contributed by atoms with Crippen molar-refractivity contribution in [1.29, 1.82) is 0 Å². The van der Waals surface area contributed by atoms with E-state index in [4.69, 9.17) is 9.47 Å². The second kappa shape index (κ2) is 4.42. The molecule has 0 spiro atoms. The molecule has 0 aromatic rings. The summed E-state index contributed by atoms with van der Waals surface area (Å²) >= 11 is 0. The van der Waals surface area contributed by atoms with Gasteiger partial charge in [-0.15, -0.1) is 0 Å². The fourth-order valence-electron chi connectivity index (χ4n) is 3.88. The molecule has 2 aliphatic rings. The zero-order valence-corrected chi connectivity index (χ0v) is 10.3. The largest absolute Gasteiger partial charge is 0.356 e. The Labute approximate surface area is 93.3 Å². The molecule has 0 bridgehead atoms. The topological polar surface area (TPSA) is 18.5 Å². The van der Waals surface area contributed by atoms with E-state index in [0.717, 1.165) is 5.92 Å². The first-order valence-corrected chi connectivity index (χ1v) is 6.25. The van der Waals surface area contributed by atoms with E-state index in [1.54, 1.807) is 14.2 Å². The molecular formula is C13H24O2. The maximum atomic E-state index is 5.41. The van der Waals surface area contributed by atoms with Crippen molar-refractivity contribution in [3.8, 4) is 0 Å². The van der Waals surface area contributed by atoms with Crippen LogP contribution in [0.4, 0.5) is 0 Å². The highest BCUT2D eigenvalue weighted by Gasteiger charge is 2.47. The van der Waals surface area contributed by atoms with Gasteiger partial charge in [-0.2, -0.15) is 0 Å². The van der Waals surface area contributed by atoms with Crippen LogP contribution in [-0.2, 0) is 9.47 Å². The minimum Gasteiger partial charge on any atom is -0.356 e. The van der Waals surface area contributed by atoms with Gasteiger partial charge in [-0.1, -0.05) is 19.8 Å². The maximum Gasteiger partial charge on any atom is 0.159 e. The van der Waals surface area contributed by atoms with Gasteiger partial charge < -0.3 is 9.47 Å². The summed E-state index contributed by atoms with van der Waals surface area (Å²) in [5.74, 6) is 1.54. The quantitative estimate of drug-likeness (QED) is 0.669. The molecule has 0 aromatic heterocycles. The molecule has 0 heterocycles. The number of methoxy groups -OCH3 is 2. The fraction of sp³-hybridized carbons (Fsp3) is 1.00. The Bertz CT molecular complexity index is 213. The average molecular weight is 212 g/mol. The normalized spacial score (nSPS) is 40.8. The standard InChI is InChI=1S/C13H24O2/c1-13-7-5-4-6-11(13)8-10(9-13)12(14-2)15-3/h10-12H,4-9H2,1-3H3/t10?,11-,13+/m0/s1. The van der Waals surface area contributed by atoms with E-state index in [1.165, 1.54) is 38.5 Å². The molecule has 2 nitrogen and oxygen atoms in total. The van der Waals surface area contributed by atoms with Crippen molar-refractivity contribution in [3.05, 3.63) is 0 Å². The summed E-state index contributed by atoms with van der Waals surface area (Å²) in [6.07, 6.45) is 8.31. The summed E-state index contributed by atoms with van der Waals surface area (Å²) < 4.78 is 10.8. The summed E-state index contributed by atoms with van der Waals surface area (Å²) in [7, 11) is 3.52. The Morgan fingerprint density at radius 1 is 1.20 bits per heavy atom. The summed E-state index contributed by atoms with van der Waals surface area (Å²) in [6.45, 7) is 2.47. The van der Waals surface area contributed by atoms with E-state index in [2.05, 4.69) is 6.92 Å². The van der Waals surface area contributed by atoms with Crippen LogP contribution in [0.3, 0.4) is 0 Å². The van der Waals surface area contributed by atoms with Gasteiger partial charge in [-0.05, 0) is 37.0 Å². The highest BCUT2D eigenvalue weighted by molar-refractivity contribution is 4.95. The highest BCUT2D eigenvalue weighted by atomic mass is 16.7. The first-order valence-electron chi connectivity index (χ1n) is 6.25. The third-order valence-corrected chi connectivity index (χ3v) is 4.70. The lowest BCUT2D eigenvalue weighted by molar-refractivity contribution is -0.137. The van der Waals surface area contributed by atoms with Crippen molar-refractivity contribution in [2.24, 2.45) is 17.3 Å². The van der Waals surface area contributed by atoms with Crippen molar-refractivity contribution in [2.75, 3.05) is 14.2 Å². The van der Waals surface area contributed by atoms with Crippen molar-refractivity contribution in [2.45, 2.75) is 51.7 Å². The van der Waals surface area contributed by atoms with Crippen LogP contribution in [0.1, 0.15) is 45.4 Å². The predicted molar refractivity (Wildman–Crippen MR) is 60.6 cm³/mol. The Kier molecular flexibility index (Phi) is 3.36. The van der Waals surface area contributed by atoms with Crippen molar-refractivity contribution < 1.29 is 9.47 Å². The molecule has 0 saturated heterocycles. The second-order valence-corrected chi connectivity index (χ2v) is 5.64. The fourth-order valence-corrected chi connectivity index (χ4v) is 3.88. The lowest BCUT2D eigenvalue weighted by Gasteiger charge is -2.36. The first kappa shape index (κ1) is 11.4. The number of hydrogen-bond donors (Lipinski definition) is 0. The van der Waals surface area contributed by atoms with Crippen LogP contribution in [0, 0.1) is 17.3 Å². The molecule has 0 aromatic carbocycles. The Balaban J connectivity index is 2.02. The maximum absolute atomic E-state index is 5.41. The van der Waals surface area contributed by atoms with Crippen LogP contribution >= 0.6 is 0 Å². The second-order valence-electron chi connectivity index (χ2n) is 5.64. The van der Waals surface area contributed by atoms with Gasteiger partial charge in [0.05, 0.1) is 0 Å². The molecule has 0 N–H and O–H groups in total. The van der Waals surface area contributed by atoms with Crippen molar-refractivity contribution >= 4 is 0 Å². The Hall–Kier alpha value is -0.0800. The first-order chi connectivity index (χ1) is 7.19. The van der Waals surface area contributed by atoms with Crippen LogP contribution in [-0.4, -0.2) is 20.5 Å². The molecule has 0 aliphatic heterocycles. The zero-order valence-electron chi connectivity index (χ0n) is 10.3. The lowest BCUT2D eigenvalue weighted by Crippen LogP contribution is -2.26. The van der Waals surface area contributed by atoms with Crippen LogP contribution < -0.4 is 0 Å². The molecule has 2 saturated carbocycles. The average Bonchev–Trinajstić information content (AvgIpc) is 2.56. The molecule has 2 fully saturated rings. The molecule has 0 radical (unpaired) electrons. The summed E-state index contributed by atoms with van der Waals surface area (Å²) in [5.41, 5.74) is 0.582. The van der Waals surface area contributed by atoms with E-state index in [-0.39, 0.29) is 6.29 Å². The van der Waals surface area contributed by atoms with E-state index >= 15 is 0 Å². The minimum atomic E-state index is 0.0208. The van der Waals surface area contributed by atoms with Gasteiger partial charge in [0.1, 0.15) is 0 Å². The number of hydrogen-bond acceptors (Lipinski definition) is 2. The van der Waals surface area contributed by atoms with Crippen LogP contribution in [0.2, 0.25) is 0 Å². The minimum absolute atomic E-state index is 0.0208. The SMILES string of the molecule is COC(OC)C1C[C@@H]2CCCC[C@]2(C)C1. The molecular weight excluding hydrogens is 188 g/mol. The van der Waals surface area contributed by atoms with E-state index in [9.17, 15) is 0 Å². The van der Waals surface area contributed by atoms with Crippen LogP contribution in [0.5, 0.6) is 0 Å². The van der Waals surface area contributed by atoms with E-state index in [0.29, 0.717) is 11.3 Å². The lowest BCUT2D eigenvalue weighted by atomic mass is 9.70. The highest BCUT2D eigenvalue weighted by Crippen LogP contribution is 2.55. The van der Waals surface area contributed by atoms with Gasteiger partial charge >= 0.3 is 0 Å². The van der Waals surface area contributed by atoms with Crippen LogP contribution in [0.25, 0.3) is 0 Å². The molecule has 15 heavy (non-hydrogen) atoms. The van der Waals surface area contributed by atoms with Gasteiger partial charge in [0.2, 0.25) is 0 Å². The van der Waals surface area contributed by atoms with Crippen molar-refractivity contribution in [3.63, 3.8) is 0 Å². The van der Waals surface area contributed by atoms with Gasteiger partial charge in [0.25, 0.3) is 0 Å². The monoisotopic (exact) mass is 212 g/mol. The molecule has 2 heteroatoms. The molecule has 2 aliphatic carbocycles. The third-order valence-electron chi connectivity index (χ3n) is 4.70. The van der Waals surface area contributed by atoms with E-state index < -0.39 is 0 Å². The number of rotatable bonds is 3. The summed E-state index contributed by atoms with van der Waals surface area (Å²) in [6, 6.07) is 0. The molecule has 2 rings (SSSR count). The van der Waals surface area contributed by atoms with Crippen molar-refractivity contribution in [1.82, 2.24) is 0 Å². The van der Waals surface area contributed by atoms with E-state index in [1.807, 2.05) is 0 Å². The smallest absolute Gasteiger partial charge is 0.159 e. The van der Waals surface area contributed by atoms with Gasteiger partial charge in [-0.3, -0.25) is 0 Å². The molecule has 1 unspecified atom stereocenters.